The van der Waals surface area contributed by atoms with Gasteiger partial charge in [-0.05, 0) is 59.4 Å². The Labute approximate surface area is 206 Å². The lowest BCUT2D eigenvalue weighted by atomic mass is 9.68. The van der Waals surface area contributed by atoms with E-state index in [-0.39, 0.29) is 25.3 Å². The van der Waals surface area contributed by atoms with Gasteiger partial charge < -0.3 is 23.7 Å². The summed E-state index contributed by atoms with van der Waals surface area (Å²) < 4.78 is 27.1. The summed E-state index contributed by atoms with van der Waals surface area (Å²) >= 11 is 0. The van der Waals surface area contributed by atoms with Crippen molar-refractivity contribution in [3.8, 4) is 11.5 Å². The maximum Gasteiger partial charge on any atom is 0.188 e. The average Bonchev–Trinajstić information content (AvgIpc) is 3.11. The fourth-order valence-electron chi connectivity index (χ4n) is 5.11. The monoisotopic (exact) mass is 476 g/mol. The minimum atomic E-state index is -0.991. The van der Waals surface area contributed by atoms with Crippen LogP contribution in [-0.4, -0.2) is 47.3 Å². The van der Waals surface area contributed by atoms with Crippen molar-refractivity contribution >= 4 is 5.78 Å². The predicted octanol–water partition coefficient (Wildman–Crippen LogP) is 4.92. The Morgan fingerprint density at radius 1 is 0.743 bits per heavy atom. The third-order valence-corrected chi connectivity index (χ3v) is 6.64. The van der Waals surface area contributed by atoms with Crippen molar-refractivity contribution < 1.29 is 28.5 Å². The number of carbonyl (C=O) groups excluding carboxylic acids is 1. The van der Waals surface area contributed by atoms with Crippen molar-refractivity contribution in [3.63, 3.8) is 0 Å². The molecule has 0 fully saturated rings. The van der Waals surface area contributed by atoms with Gasteiger partial charge in [0.05, 0.1) is 12.5 Å². The van der Waals surface area contributed by atoms with Gasteiger partial charge in [-0.15, -0.1) is 0 Å². The van der Waals surface area contributed by atoms with Crippen molar-refractivity contribution in [3.05, 3.63) is 94.0 Å². The quantitative estimate of drug-likeness (QED) is 0.387. The third kappa shape index (κ3) is 4.33. The highest BCUT2D eigenvalue weighted by atomic mass is 16.7. The lowest BCUT2D eigenvalue weighted by Crippen LogP contribution is -2.37. The SMILES string of the molecule is COCOc1ccc(C2(c3ccc(OCOC)c(C)c3)C(=O)C(COC)c3ccccc32)cc1C. The fraction of sp³-hybridized carbons (Fsp3) is 0.345. The van der Waals surface area contributed by atoms with Crippen molar-refractivity contribution in [1.82, 2.24) is 0 Å². The zero-order valence-corrected chi connectivity index (χ0v) is 20.9. The Kier molecular flexibility index (Phi) is 7.55. The first kappa shape index (κ1) is 24.9. The van der Waals surface area contributed by atoms with Crippen LogP contribution in [0.25, 0.3) is 0 Å². The number of carbonyl (C=O) groups is 1. The van der Waals surface area contributed by atoms with E-state index in [1.807, 2.05) is 68.4 Å². The normalized spacial score (nSPS) is 16.3. The van der Waals surface area contributed by atoms with E-state index in [2.05, 4.69) is 6.07 Å². The summed E-state index contributed by atoms with van der Waals surface area (Å²) in [6.45, 7) is 4.59. The van der Waals surface area contributed by atoms with Crippen molar-refractivity contribution in [2.45, 2.75) is 25.2 Å². The van der Waals surface area contributed by atoms with E-state index in [4.69, 9.17) is 23.7 Å². The average molecular weight is 477 g/mol. The van der Waals surface area contributed by atoms with Gasteiger partial charge in [0.25, 0.3) is 0 Å². The van der Waals surface area contributed by atoms with Gasteiger partial charge in [0, 0.05) is 21.3 Å². The van der Waals surface area contributed by atoms with Crippen molar-refractivity contribution in [1.29, 1.82) is 0 Å². The summed E-state index contributed by atoms with van der Waals surface area (Å²) in [6, 6.07) is 19.9. The van der Waals surface area contributed by atoms with Gasteiger partial charge >= 0.3 is 0 Å². The molecule has 3 aromatic rings. The fourth-order valence-corrected chi connectivity index (χ4v) is 5.11. The topological polar surface area (TPSA) is 63.2 Å². The number of hydrogen-bond acceptors (Lipinski definition) is 6. The van der Waals surface area contributed by atoms with E-state index in [9.17, 15) is 4.79 Å². The smallest absolute Gasteiger partial charge is 0.188 e. The van der Waals surface area contributed by atoms with Gasteiger partial charge in [0.1, 0.15) is 16.9 Å². The number of Topliss-reactive ketones (excluding diaryl/α,β-unsaturated/α-hetero) is 1. The molecule has 1 atom stereocenters. The van der Waals surface area contributed by atoms with Crippen LogP contribution in [0.5, 0.6) is 11.5 Å². The summed E-state index contributed by atoms with van der Waals surface area (Å²) in [7, 11) is 4.81. The molecule has 4 rings (SSSR count). The molecule has 6 heteroatoms. The van der Waals surface area contributed by atoms with Crippen molar-refractivity contribution in [2.75, 3.05) is 41.5 Å². The molecule has 0 radical (unpaired) electrons. The predicted molar refractivity (Wildman–Crippen MR) is 133 cm³/mol. The first-order valence-electron chi connectivity index (χ1n) is 11.6. The molecule has 35 heavy (non-hydrogen) atoms. The first-order chi connectivity index (χ1) is 17.0. The second-order valence-electron chi connectivity index (χ2n) is 8.77. The largest absolute Gasteiger partial charge is 0.467 e. The number of hydrogen-bond donors (Lipinski definition) is 0. The van der Waals surface area contributed by atoms with Crippen LogP contribution in [0, 0.1) is 13.8 Å². The van der Waals surface area contributed by atoms with Crippen LogP contribution in [0.4, 0.5) is 0 Å². The molecule has 0 saturated heterocycles. The maximum atomic E-state index is 14.4. The molecule has 0 saturated carbocycles. The molecular formula is C29H32O6. The Balaban J connectivity index is 1.95. The lowest BCUT2D eigenvalue weighted by Gasteiger charge is -2.32. The van der Waals surface area contributed by atoms with Crippen LogP contribution in [0.15, 0.2) is 60.7 Å². The number of fused-ring (bicyclic) bond motifs is 1. The molecule has 1 aliphatic rings. The molecule has 0 amide bonds. The Bertz CT molecular complexity index is 1140. The zero-order valence-electron chi connectivity index (χ0n) is 20.9. The van der Waals surface area contributed by atoms with E-state index in [1.54, 1.807) is 21.3 Å². The second-order valence-corrected chi connectivity index (χ2v) is 8.77. The molecule has 1 unspecified atom stereocenters. The van der Waals surface area contributed by atoms with Gasteiger partial charge in [-0.3, -0.25) is 4.79 Å². The molecule has 1 aliphatic carbocycles. The van der Waals surface area contributed by atoms with Crippen molar-refractivity contribution in [2.24, 2.45) is 0 Å². The van der Waals surface area contributed by atoms with E-state index in [0.29, 0.717) is 6.61 Å². The van der Waals surface area contributed by atoms with Crippen LogP contribution >= 0.6 is 0 Å². The molecule has 3 aromatic carbocycles. The molecule has 184 valence electrons. The summed E-state index contributed by atoms with van der Waals surface area (Å²) in [6.07, 6.45) is 0. The van der Waals surface area contributed by atoms with Gasteiger partial charge in [-0.2, -0.15) is 0 Å². The molecule has 0 N–H and O–H groups in total. The van der Waals surface area contributed by atoms with E-state index in [1.165, 1.54) is 0 Å². The number of methoxy groups -OCH3 is 3. The van der Waals surface area contributed by atoms with Crippen LogP contribution in [0.1, 0.15) is 39.3 Å². The third-order valence-electron chi connectivity index (χ3n) is 6.64. The van der Waals surface area contributed by atoms with Gasteiger partial charge in [0.15, 0.2) is 19.4 Å². The summed E-state index contributed by atoms with van der Waals surface area (Å²) in [5.74, 6) is 1.16. The minimum Gasteiger partial charge on any atom is -0.467 e. The summed E-state index contributed by atoms with van der Waals surface area (Å²) in [4.78, 5) is 14.4. The van der Waals surface area contributed by atoms with E-state index < -0.39 is 5.41 Å². The number of aryl methyl sites for hydroxylation is 2. The van der Waals surface area contributed by atoms with Gasteiger partial charge in [0.2, 0.25) is 0 Å². The molecular weight excluding hydrogens is 444 g/mol. The van der Waals surface area contributed by atoms with Crippen LogP contribution in [-0.2, 0) is 24.4 Å². The highest BCUT2D eigenvalue weighted by Gasteiger charge is 2.54. The van der Waals surface area contributed by atoms with Crippen LogP contribution in [0.2, 0.25) is 0 Å². The summed E-state index contributed by atoms with van der Waals surface area (Å²) in [5, 5.41) is 0. The first-order valence-corrected chi connectivity index (χ1v) is 11.6. The van der Waals surface area contributed by atoms with E-state index >= 15 is 0 Å². The van der Waals surface area contributed by atoms with Crippen LogP contribution in [0.3, 0.4) is 0 Å². The van der Waals surface area contributed by atoms with Gasteiger partial charge in [-0.25, -0.2) is 0 Å². The Morgan fingerprint density at radius 3 is 1.77 bits per heavy atom. The molecule has 0 spiro atoms. The standard InChI is InChI=1S/C29H32O6/c1-19-14-21(10-12-26(19)34-17-32-4)29(22-11-13-27(20(2)15-22)35-18-33-5)25-9-7-6-8-23(25)24(16-31-3)28(29)30/h6-15,24H,16-18H2,1-5H3. The Morgan fingerprint density at radius 2 is 1.29 bits per heavy atom. The van der Waals surface area contributed by atoms with Gasteiger partial charge in [-0.1, -0.05) is 48.5 Å². The summed E-state index contributed by atoms with van der Waals surface area (Å²) in [5.41, 5.74) is 4.61. The number of ketones is 1. The molecule has 0 bridgehead atoms. The number of rotatable bonds is 10. The van der Waals surface area contributed by atoms with Crippen LogP contribution < -0.4 is 9.47 Å². The molecule has 0 aromatic heterocycles. The number of benzene rings is 3. The molecule has 0 heterocycles. The van der Waals surface area contributed by atoms with E-state index in [0.717, 1.165) is 44.9 Å². The molecule has 6 nitrogen and oxygen atoms in total. The highest BCUT2D eigenvalue weighted by molar-refractivity contribution is 6.06. The highest BCUT2D eigenvalue weighted by Crippen LogP contribution is 2.52. The second kappa shape index (κ2) is 10.6. The minimum absolute atomic E-state index is 0.0930. The zero-order chi connectivity index (χ0) is 25.0. The molecule has 0 aliphatic heterocycles. The maximum absolute atomic E-state index is 14.4. The number of ether oxygens (including phenoxy) is 5. The lowest BCUT2D eigenvalue weighted by molar-refractivity contribution is -0.123. The Hall–Kier alpha value is -3.19.